The Morgan fingerprint density at radius 1 is 1.16 bits per heavy atom. The van der Waals surface area contributed by atoms with Gasteiger partial charge in [0.15, 0.2) is 0 Å². The Hall–Kier alpha value is -1.75. The average Bonchev–Trinajstić information content (AvgIpc) is 3.14. The smallest absolute Gasteiger partial charge is 0.317 e. The van der Waals surface area contributed by atoms with E-state index in [4.69, 9.17) is 0 Å². The number of carbonyl (C=O) groups is 1. The Morgan fingerprint density at radius 3 is 2.44 bits per heavy atom. The third kappa shape index (κ3) is 5.11. The molecular weight excluding hydrogens is 314 g/mol. The molecule has 2 heterocycles. The molecule has 5 heteroatoms. The van der Waals surface area contributed by atoms with Gasteiger partial charge >= 0.3 is 6.03 Å². The van der Waals surface area contributed by atoms with Gasteiger partial charge in [-0.3, -0.25) is 0 Å². The second-order valence-electron chi connectivity index (χ2n) is 7.53. The van der Waals surface area contributed by atoms with E-state index in [-0.39, 0.29) is 17.8 Å². The van der Waals surface area contributed by atoms with Gasteiger partial charge in [0.25, 0.3) is 0 Å². The number of phenolic OH excluding ortho intramolecular Hbond substituents is 1. The molecule has 2 N–H and O–H groups in total. The molecule has 1 aromatic rings. The standard InChI is InChI=1S/C20H31N3O2/c1-16(18-4-6-19(24)7-5-18)21-20(25)23-14-9-17(10-15-23)8-13-22-11-2-3-12-22/h4-7,16-17,24H,2-3,8-15H2,1H3,(H,21,25)/t16-/m0/s1. The highest BCUT2D eigenvalue weighted by Crippen LogP contribution is 2.23. The van der Waals surface area contributed by atoms with Crippen LogP contribution in [0.25, 0.3) is 0 Å². The van der Waals surface area contributed by atoms with Crippen molar-refractivity contribution in [3.63, 3.8) is 0 Å². The van der Waals surface area contributed by atoms with E-state index < -0.39 is 0 Å². The molecule has 0 aromatic heterocycles. The number of phenols is 1. The Balaban J connectivity index is 1.39. The van der Waals surface area contributed by atoms with Crippen molar-refractivity contribution < 1.29 is 9.90 Å². The van der Waals surface area contributed by atoms with Gasteiger partial charge in [-0.15, -0.1) is 0 Å². The molecule has 3 rings (SSSR count). The Kier molecular flexibility index (Phi) is 6.19. The van der Waals surface area contributed by atoms with Crippen molar-refractivity contribution in [1.29, 1.82) is 0 Å². The number of nitrogens with one attached hydrogen (secondary N) is 1. The van der Waals surface area contributed by atoms with Crippen LogP contribution in [0.5, 0.6) is 5.75 Å². The van der Waals surface area contributed by atoms with Crippen LogP contribution < -0.4 is 5.32 Å². The van der Waals surface area contributed by atoms with Gasteiger partial charge in [-0.1, -0.05) is 12.1 Å². The number of carbonyl (C=O) groups excluding carboxylic acids is 1. The number of nitrogens with zero attached hydrogens (tertiary/aromatic N) is 2. The zero-order chi connectivity index (χ0) is 17.6. The zero-order valence-electron chi connectivity index (χ0n) is 15.3. The molecule has 25 heavy (non-hydrogen) atoms. The number of hydrogen-bond donors (Lipinski definition) is 2. The summed E-state index contributed by atoms with van der Waals surface area (Å²) >= 11 is 0. The molecule has 138 valence electrons. The zero-order valence-corrected chi connectivity index (χ0v) is 15.3. The maximum atomic E-state index is 12.5. The van der Waals surface area contributed by atoms with Crippen LogP contribution in [0.2, 0.25) is 0 Å². The second kappa shape index (κ2) is 8.56. The maximum Gasteiger partial charge on any atom is 0.317 e. The summed E-state index contributed by atoms with van der Waals surface area (Å²) in [5, 5.41) is 12.4. The lowest BCUT2D eigenvalue weighted by Crippen LogP contribution is -2.45. The van der Waals surface area contributed by atoms with Gasteiger partial charge in [-0.2, -0.15) is 0 Å². The Bertz CT molecular complexity index is 547. The van der Waals surface area contributed by atoms with Crippen molar-refractivity contribution in [3.05, 3.63) is 29.8 Å². The van der Waals surface area contributed by atoms with Crippen LogP contribution in [0.15, 0.2) is 24.3 Å². The average molecular weight is 345 g/mol. The van der Waals surface area contributed by atoms with Crippen LogP contribution in [0.1, 0.15) is 50.6 Å². The quantitative estimate of drug-likeness (QED) is 0.860. The minimum absolute atomic E-state index is 0.0265. The van der Waals surface area contributed by atoms with Gasteiger partial charge in [0.1, 0.15) is 5.75 Å². The summed E-state index contributed by atoms with van der Waals surface area (Å²) in [6.07, 6.45) is 6.23. The molecule has 2 aliphatic rings. The lowest BCUT2D eigenvalue weighted by Gasteiger charge is -2.33. The fourth-order valence-electron chi connectivity index (χ4n) is 3.92. The van der Waals surface area contributed by atoms with Crippen LogP contribution in [0, 0.1) is 5.92 Å². The molecule has 0 aliphatic carbocycles. The van der Waals surface area contributed by atoms with Gasteiger partial charge in [-0.25, -0.2) is 4.79 Å². The first-order valence-electron chi connectivity index (χ1n) is 9.68. The fraction of sp³-hybridized carbons (Fsp3) is 0.650. The number of rotatable bonds is 5. The molecule has 2 aliphatic heterocycles. The minimum atomic E-state index is -0.0546. The molecule has 0 unspecified atom stereocenters. The number of likely N-dealkylation sites (tertiary alicyclic amines) is 2. The first-order valence-corrected chi connectivity index (χ1v) is 9.68. The van der Waals surface area contributed by atoms with Crippen molar-refractivity contribution in [1.82, 2.24) is 15.1 Å². The predicted molar refractivity (Wildman–Crippen MR) is 99.6 cm³/mol. The molecule has 0 radical (unpaired) electrons. The molecule has 0 saturated carbocycles. The van der Waals surface area contributed by atoms with Gasteiger partial charge in [0.2, 0.25) is 0 Å². The highest BCUT2D eigenvalue weighted by atomic mass is 16.3. The molecule has 2 saturated heterocycles. The third-order valence-electron chi connectivity index (χ3n) is 5.69. The molecule has 5 nitrogen and oxygen atoms in total. The van der Waals surface area contributed by atoms with Crippen molar-refractivity contribution in [2.75, 3.05) is 32.7 Å². The lowest BCUT2D eigenvalue weighted by molar-refractivity contribution is 0.160. The van der Waals surface area contributed by atoms with Crippen molar-refractivity contribution in [2.45, 2.75) is 45.1 Å². The molecule has 2 fully saturated rings. The van der Waals surface area contributed by atoms with E-state index in [0.29, 0.717) is 0 Å². The summed E-state index contributed by atoms with van der Waals surface area (Å²) in [6, 6.07) is 6.99. The van der Waals surface area contributed by atoms with Crippen LogP contribution in [0.4, 0.5) is 4.79 Å². The first-order chi connectivity index (χ1) is 12.1. The number of hydrogen-bond acceptors (Lipinski definition) is 3. The first kappa shape index (κ1) is 18.1. The number of aromatic hydroxyl groups is 1. The Labute approximate surface area is 151 Å². The second-order valence-corrected chi connectivity index (χ2v) is 7.53. The summed E-state index contributed by atoms with van der Waals surface area (Å²) in [5.74, 6) is 1.01. The highest BCUT2D eigenvalue weighted by molar-refractivity contribution is 5.74. The van der Waals surface area contributed by atoms with Crippen molar-refractivity contribution >= 4 is 6.03 Å². The minimum Gasteiger partial charge on any atom is -0.508 e. The molecule has 2 amide bonds. The molecule has 1 aromatic carbocycles. The SMILES string of the molecule is C[C@H](NC(=O)N1CCC(CCN2CCCC2)CC1)c1ccc(O)cc1. The largest absolute Gasteiger partial charge is 0.508 e. The summed E-state index contributed by atoms with van der Waals surface area (Å²) < 4.78 is 0. The summed E-state index contributed by atoms with van der Waals surface area (Å²) in [6.45, 7) is 7.48. The van der Waals surface area contributed by atoms with E-state index in [1.54, 1.807) is 12.1 Å². The van der Waals surface area contributed by atoms with Crippen LogP contribution >= 0.6 is 0 Å². The normalized spacial score (nSPS) is 20.6. The lowest BCUT2D eigenvalue weighted by atomic mass is 9.93. The van der Waals surface area contributed by atoms with Crippen LogP contribution in [-0.2, 0) is 0 Å². The predicted octanol–water partition coefficient (Wildman–Crippen LogP) is 3.36. The molecule has 0 spiro atoms. The van der Waals surface area contributed by atoms with Gasteiger partial charge in [-0.05, 0) is 82.3 Å². The number of urea groups is 1. The van der Waals surface area contributed by atoms with Gasteiger partial charge in [0.05, 0.1) is 6.04 Å². The van der Waals surface area contributed by atoms with E-state index in [1.165, 1.54) is 38.9 Å². The van der Waals surface area contributed by atoms with Crippen LogP contribution in [0.3, 0.4) is 0 Å². The Morgan fingerprint density at radius 2 is 1.80 bits per heavy atom. The fourth-order valence-corrected chi connectivity index (χ4v) is 3.92. The van der Waals surface area contributed by atoms with E-state index in [2.05, 4.69) is 10.2 Å². The van der Waals surface area contributed by atoms with Gasteiger partial charge in [0, 0.05) is 13.1 Å². The highest BCUT2D eigenvalue weighted by Gasteiger charge is 2.24. The molecule has 1 atom stereocenters. The van der Waals surface area contributed by atoms with Crippen molar-refractivity contribution in [2.24, 2.45) is 5.92 Å². The maximum absolute atomic E-state index is 12.5. The van der Waals surface area contributed by atoms with E-state index >= 15 is 0 Å². The van der Waals surface area contributed by atoms with E-state index in [1.807, 2.05) is 24.0 Å². The number of amides is 2. The van der Waals surface area contributed by atoms with E-state index in [0.717, 1.165) is 37.4 Å². The molecule has 0 bridgehead atoms. The molecular formula is C20H31N3O2. The van der Waals surface area contributed by atoms with Crippen LogP contribution in [-0.4, -0.2) is 53.7 Å². The topological polar surface area (TPSA) is 55.8 Å². The summed E-state index contributed by atoms with van der Waals surface area (Å²) in [5.41, 5.74) is 1.01. The summed E-state index contributed by atoms with van der Waals surface area (Å²) in [7, 11) is 0. The summed E-state index contributed by atoms with van der Waals surface area (Å²) in [4.78, 5) is 17.0. The monoisotopic (exact) mass is 345 g/mol. The van der Waals surface area contributed by atoms with Crippen molar-refractivity contribution in [3.8, 4) is 5.75 Å². The van der Waals surface area contributed by atoms with E-state index in [9.17, 15) is 9.90 Å². The third-order valence-corrected chi connectivity index (χ3v) is 5.69. The number of benzene rings is 1. The number of piperidine rings is 1. The van der Waals surface area contributed by atoms with Gasteiger partial charge < -0.3 is 20.2 Å².